The predicted octanol–water partition coefficient (Wildman–Crippen LogP) is 0.939. The Bertz CT molecular complexity index is 196. The molecule has 2 unspecified atom stereocenters. The number of hydrogen-bond acceptors (Lipinski definition) is 3. The van der Waals surface area contributed by atoms with Gasteiger partial charge in [-0.2, -0.15) is 0 Å². The van der Waals surface area contributed by atoms with E-state index in [9.17, 15) is 4.79 Å². The molecule has 0 aliphatic carbocycles. The summed E-state index contributed by atoms with van der Waals surface area (Å²) in [5, 5.41) is 2.99. The number of carbonyl (C=O) groups is 1. The van der Waals surface area contributed by atoms with Crippen LogP contribution in [-0.2, 0) is 9.53 Å². The van der Waals surface area contributed by atoms with E-state index < -0.39 is 0 Å². The van der Waals surface area contributed by atoms with Gasteiger partial charge in [0.2, 0.25) is 0 Å². The van der Waals surface area contributed by atoms with Crippen molar-refractivity contribution >= 4 is 5.97 Å². The van der Waals surface area contributed by atoms with Crippen molar-refractivity contribution in [2.75, 3.05) is 6.61 Å². The van der Waals surface area contributed by atoms with Crippen LogP contribution < -0.4 is 5.32 Å². The maximum absolute atomic E-state index is 11.3. The van der Waals surface area contributed by atoms with Crippen LogP contribution in [0.15, 0.2) is 0 Å². The van der Waals surface area contributed by atoms with Gasteiger partial charge in [-0.15, -0.1) is 6.42 Å². The summed E-state index contributed by atoms with van der Waals surface area (Å²) in [7, 11) is 0. The van der Waals surface area contributed by atoms with Crippen LogP contribution in [0.5, 0.6) is 0 Å². The summed E-state index contributed by atoms with van der Waals surface area (Å²) in [4.78, 5) is 11.3. The molecular weight excluding hydrogens is 166 g/mol. The summed E-state index contributed by atoms with van der Waals surface area (Å²) < 4.78 is 4.87. The second-order valence-electron chi connectivity index (χ2n) is 2.77. The summed E-state index contributed by atoms with van der Waals surface area (Å²) in [6.45, 7) is 5.94. The van der Waals surface area contributed by atoms with Crippen LogP contribution in [0.25, 0.3) is 0 Å². The molecule has 0 radical (unpaired) electrons. The smallest absolute Gasteiger partial charge is 0.323 e. The van der Waals surface area contributed by atoms with Crippen molar-refractivity contribution in [3.8, 4) is 12.3 Å². The molecule has 74 valence electrons. The molecule has 0 aromatic carbocycles. The maximum Gasteiger partial charge on any atom is 0.323 e. The van der Waals surface area contributed by atoms with E-state index in [1.807, 2.05) is 13.8 Å². The molecule has 1 N–H and O–H groups in total. The van der Waals surface area contributed by atoms with Gasteiger partial charge >= 0.3 is 5.97 Å². The maximum atomic E-state index is 11.3. The molecule has 0 bridgehead atoms. The summed E-state index contributed by atoms with van der Waals surface area (Å²) in [5.41, 5.74) is 0. The number of esters is 1. The third kappa shape index (κ3) is 4.54. The van der Waals surface area contributed by atoms with Crippen molar-refractivity contribution in [3.05, 3.63) is 0 Å². The van der Waals surface area contributed by atoms with Crippen LogP contribution in [0, 0.1) is 12.3 Å². The van der Waals surface area contributed by atoms with Gasteiger partial charge in [-0.3, -0.25) is 10.1 Å². The minimum atomic E-state index is -0.286. The fourth-order valence-electron chi connectivity index (χ4n) is 0.945. The third-order valence-electron chi connectivity index (χ3n) is 1.68. The number of terminal acetylenes is 1. The molecule has 3 heteroatoms. The van der Waals surface area contributed by atoms with Gasteiger partial charge in [-0.05, 0) is 20.3 Å². The van der Waals surface area contributed by atoms with E-state index in [4.69, 9.17) is 11.2 Å². The summed E-state index contributed by atoms with van der Waals surface area (Å²) in [5.74, 6) is 2.28. The summed E-state index contributed by atoms with van der Waals surface area (Å²) in [6, 6.07) is -0.389. The molecule has 3 nitrogen and oxygen atoms in total. The number of nitrogens with one attached hydrogen (secondary N) is 1. The SMILES string of the molecule is C#CC(C)NC(CC)C(=O)OCC. The van der Waals surface area contributed by atoms with Gasteiger partial charge < -0.3 is 4.74 Å². The quantitative estimate of drug-likeness (QED) is 0.509. The summed E-state index contributed by atoms with van der Waals surface area (Å²) >= 11 is 0. The van der Waals surface area contributed by atoms with Gasteiger partial charge in [-0.1, -0.05) is 12.8 Å². The van der Waals surface area contributed by atoms with Crippen molar-refractivity contribution in [1.29, 1.82) is 0 Å². The standard InChI is InChI=1S/C10H17NO2/c1-5-8(4)11-9(6-2)10(12)13-7-3/h1,8-9,11H,6-7H2,2-4H3. The summed E-state index contributed by atoms with van der Waals surface area (Å²) in [6.07, 6.45) is 5.87. The Morgan fingerprint density at radius 1 is 1.62 bits per heavy atom. The lowest BCUT2D eigenvalue weighted by molar-refractivity contribution is -0.145. The molecule has 0 aromatic heterocycles. The molecule has 0 spiro atoms. The first kappa shape index (κ1) is 12.0. The molecule has 0 aliphatic heterocycles. The minimum Gasteiger partial charge on any atom is -0.465 e. The Morgan fingerprint density at radius 3 is 2.62 bits per heavy atom. The first-order chi connectivity index (χ1) is 6.15. The normalized spacial score (nSPS) is 14.3. The van der Waals surface area contributed by atoms with E-state index in [1.165, 1.54) is 0 Å². The molecule has 0 saturated heterocycles. The van der Waals surface area contributed by atoms with E-state index in [0.29, 0.717) is 13.0 Å². The topological polar surface area (TPSA) is 38.3 Å². The lowest BCUT2D eigenvalue weighted by atomic mass is 10.2. The Kier molecular flexibility index (Phi) is 5.99. The monoisotopic (exact) mass is 183 g/mol. The molecule has 0 aromatic rings. The molecule has 13 heavy (non-hydrogen) atoms. The molecular formula is C10H17NO2. The molecule has 0 fully saturated rings. The van der Waals surface area contributed by atoms with Crippen molar-refractivity contribution in [2.24, 2.45) is 0 Å². The highest BCUT2D eigenvalue weighted by molar-refractivity contribution is 5.75. The third-order valence-corrected chi connectivity index (χ3v) is 1.68. The second-order valence-corrected chi connectivity index (χ2v) is 2.77. The van der Waals surface area contributed by atoms with Gasteiger partial charge in [0.1, 0.15) is 6.04 Å². The number of rotatable bonds is 5. The Morgan fingerprint density at radius 2 is 2.23 bits per heavy atom. The van der Waals surface area contributed by atoms with Crippen LogP contribution in [0.1, 0.15) is 27.2 Å². The van der Waals surface area contributed by atoms with E-state index in [0.717, 1.165) is 0 Å². The predicted molar refractivity (Wildman–Crippen MR) is 52.1 cm³/mol. The van der Waals surface area contributed by atoms with Gasteiger partial charge in [0.25, 0.3) is 0 Å². The molecule has 0 heterocycles. The van der Waals surface area contributed by atoms with Crippen molar-refractivity contribution in [2.45, 2.75) is 39.3 Å². The Balaban J connectivity index is 4.03. The molecule has 0 aliphatic rings. The fourth-order valence-corrected chi connectivity index (χ4v) is 0.945. The van der Waals surface area contributed by atoms with Crippen LogP contribution in [0.2, 0.25) is 0 Å². The van der Waals surface area contributed by atoms with Gasteiger partial charge in [0.15, 0.2) is 0 Å². The molecule has 0 amide bonds. The van der Waals surface area contributed by atoms with Gasteiger partial charge in [0, 0.05) is 0 Å². The molecule has 2 atom stereocenters. The second kappa shape index (κ2) is 6.50. The van der Waals surface area contributed by atoms with Crippen LogP contribution in [0.4, 0.5) is 0 Å². The lowest BCUT2D eigenvalue weighted by Gasteiger charge is -2.17. The van der Waals surface area contributed by atoms with Crippen LogP contribution in [0.3, 0.4) is 0 Å². The van der Waals surface area contributed by atoms with E-state index in [1.54, 1.807) is 6.92 Å². The average Bonchev–Trinajstić information content (AvgIpc) is 2.14. The Hall–Kier alpha value is -1.01. The zero-order valence-corrected chi connectivity index (χ0v) is 8.46. The average molecular weight is 183 g/mol. The van der Waals surface area contributed by atoms with Crippen molar-refractivity contribution in [1.82, 2.24) is 5.32 Å². The van der Waals surface area contributed by atoms with E-state index in [2.05, 4.69) is 11.2 Å². The number of hydrogen-bond donors (Lipinski definition) is 1. The first-order valence-corrected chi connectivity index (χ1v) is 4.54. The molecule has 0 saturated carbocycles. The molecule has 0 rings (SSSR count). The zero-order valence-electron chi connectivity index (χ0n) is 8.46. The highest BCUT2D eigenvalue weighted by Gasteiger charge is 2.18. The lowest BCUT2D eigenvalue weighted by Crippen LogP contribution is -2.42. The van der Waals surface area contributed by atoms with Gasteiger partial charge in [0.05, 0.1) is 12.6 Å². The highest BCUT2D eigenvalue weighted by Crippen LogP contribution is 1.96. The van der Waals surface area contributed by atoms with Crippen molar-refractivity contribution < 1.29 is 9.53 Å². The fraction of sp³-hybridized carbons (Fsp3) is 0.700. The van der Waals surface area contributed by atoms with Crippen LogP contribution in [-0.4, -0.2) is 24.7 Å². The first-order valence-electron chi connectivity index (χ1n) is 4.54. The number of ether oxygens (including phenoxy) is 1. The highest BCUT2D eigenvalue weighted by atomic mass is 16.5. The van der Waals surface area contributed by atoms with Crippen molar-refractivity contribution in [3.63, 3.8) is 0 Å². The largest absolute Gasteiger partial charge is 0.465 e. The van der Waals surface area contributed by atoms with E-state index >= 15 is 0 Å². The van der Waals surface area contributed by atoms with Gasteiger partial charge in [-0.25, -0.2) is 0 Å². The van der Waals surface area contributed by atoms with E-state index in [-0.39, 0.29) is 18.1 Å². The number of carbonyl (C=O) groups excluding carboxylic acids is 1. The van der Waals surface area contributed by atoms with Crippen LogP contribution >= 0.6 is 0 Å². The zero-order chi connectivity index (χ0) is 10.3. The Labute approximate surface area is 79.8 Å². The minimum absolute atomic E-state index is 0.102.